The summed E-state index contributed by atoms with van der Waals surface area (Å²) in [5.74, 6) is 0.977. The van der Waals surface area contributed by atoms with Crippen LogP contribution >= 0.6 is 0 Å². The van der Waals surface area contributed by atoms with Crippen molar-refractivity contribution < 1.29 is 19.0 Å². The summed E-state index contributed by atoms with van der Waals surface area (Å²) < 4.78 is 17.9. The number of benzene rings is 2. The van der Waals surface area contributed by atoms with Crippen LogP contribution in [-0.4, -0.2) is 16.3 Å². The summed E-state index contributed by atoms with van der Waals surface area (Å²) in [5.41, 5.74) is 0.634. The molecule has 5 heteroatoms. The average molecular weight is 376 g/mol. The molecule has 28 heavy (non-hydrogen) atoms. The second-order valence-electron chi connectivity index (χ2n) is 8.37. The molecule has 3 heterocycles. The van der Waals surface area contributed by atoms with Crippen molar-refractivity contribution in [3.05, 3.63) is 51.7 Å². The fourth-order valence-corrected chi connectivity index (χ4v) is 3.78. The molecule has 0 atom stereocenters. The summed E-state index contributed by atoms with van der Waals surface area (Å²) in [5, 5.41) is 11.4. The molecule has 2 aliphatic rings. The van der Waals surface area contributed by atoms with E-state index < -0.39 is 11.2 Å². The van der Waals surface area contributed by atoms with Crippen LogP contribution in [0.2, 0.25) is 0 Å². The predicted octanol–water partition coefficient (Wildman–Crippen LogP) is 5.02. The van der Waals surface area contributed by atoms with E-state index in [2.05, 4.69) is 0 Å². The lowest BCUT2D eigenvalue weighted by Gasteiger charge is -2.29. The smallest absolute Gasteiger partial charge is 0.205 e. The molecule has 1 N–H and O–H groups in total. The van der Waals surface area contributed by atoms with Crippen molar-refractivity contribution in [2.45, 2.75) is 38.9 Å². The number of fused-ring (bicyclic) bond motifs is 5. The van der Waals surface area contributed by atoms with Crippen LogP contribution in [0.25, 0.3) is 34.1 Å². The van der Waals surface area contributed by atoms with Gasteiger partial charge in [0.25, 0.3) is 0 Å². The molecule has 0 amide bonds. The fraction of sp³-hybridized carbons (Fsp3) is 0.261. The van der Waals surface area contributed by atoms with Crippen molar-refractivity contribution in [2.75, 3.05) is 0 Å². The monoisotopic (exact) mass is 376 g/mol. The van der Waals surface area contributed by atoms with Gasteiger partial charge in [-0.2, -0.15) is 0 Å². The van der Waals surface area contributed by atoms with Crippen molar-refractivity contribution >= 4 is 34.1 Å². The maximum atomic E-state index is 13.4. The molecule has 0 radical (unpaired) electrons. The number of hydrogen-bond acceptors (Lipinski definition) is 5. The van der Waals surface area contributed by atoms with Gasteiger partial charge in [0.05, 0.1) is 10.9 Å². The number of rotatable bonds is 0. The van der Waals surface area contributed by atoms with Crippen LogP contribution in [0, 0.1) is 0 Å². The van der Waals surface area contributed by atoms with Crippen molar-refractivity contribution in [2.24, 2.45) is 0 Å². The van der Waals surface area contributed by atoms with Crippen LogP contribution in [0.1, 0.15) is 38.8 Å². The Bertz CT molecular complexity index is 1290. The first kappa shape index (κ1) is 16.9. The lowest BCUT2D eigenvalue weighted by Crippen LogP contribution is -2.28. The zero-order chi connectivity index (χ0) is 19.8. The van der Waals surface area contributed by atoms with Gasteiger partial charge in [-0.15, -0.1) is 0 Å². The molecule has 0 saturated heterocycles. The first-order chi connectivity index (χ1) is 13.2. The summed E-state index contributed by atoms with van der Waals surface area (Å²) in [6.07, 6.45) is 7.42. The quantitative estimate of drug-likeness (QED) is 0.558. The van der Waals surface area contributed by atoms with Crippen LogP contribution in [0.5, 0.6) is 17.2 Å². The summed E-state index contributed by atoms with van der Waals surface area (Å²) in [6, 6.07) is 5.20. The lowest BCUT2D eigenvalue weighted by molar-refractivity contribution is 0.158. The first-order valence-electron chi connectivity index (χ1n) is 9.21. The molecule has 0 saturated carbocycles. The summed E-state index contributed by atoms with van der Waals surface area (Å²) in [4.78, 5) is 13.4. The van der Waals surface area contributed by atoms with E-state index in [0.717, 1.165) is 0 Å². The Hall–Kier alpha value is -3.21. The summed E-state index contributed by atoms with van der Waals surface area (Å²) in [7, 11) is 0. The van der Waals surface area contributed by atoms with Crippen LogP contribution in [-0.2, 0) is 0 Å². The SMILES string of the molecule is CC1(C)C=Cc2c(cc3oc4ccc5c(c4c(=O)c3c2O)C=CC(C)(C)O5)O1. The maximum Gasteiger partial charge on any atom is 0.205 e. The molecule has 2 aliphatic heterocycles. The Morgan fingerprint density at radius 3 is 2.18 bits per heavy atom. The molecule has 0 aliphatic carbocycles. The zero-order valence-corrected chi connectivity index (χ0v) is 16.1. The van der Waals surface area contributed by atoms with E-state index in [9.17, 15) is 9.90 Å². The van der Waals surface area contributed by atoms with E-state index in [-0.39, 0.29) is 16.6 Å². The highest BCUT2D eigenvalue weighted by Crippen LogP contribution is 2.42. The summed E-state index contributed by atoms with van der Waals surface area (Å²) in [6.45, 7) is 7.74. The number of aromatic hydroxyl groups is 1. The summed E-state index contributed by atoms with van der Waals surface area (Å²) >= 11 is 0. The molecule has 0 bridgehead atoms. The third-order valence-electron chi connectivity index (χ3n) is 5.16. The molecule has 0 fully saturated rings. The Balaban J connectivity index is 1.87. The van der Waals surface area contributed by atoms with Gasteiger partial charge in [-0.3, -0.25) is 4.79 Å². The van der Waals surface area contributed by atoms with Crippen molar-refractivity contribution in [1.29, 1.82) is 0 Å². The molecule has 5 nitrogen and oxygen atoms in total. The van der Waals surface area contributed by atoms with Crippen LogP contribution in [0.15, 0.2) is 39.6 Å². The number of hydrogen-bond donors (Lipinski definition) is 1. The van der Waals surface area contributed by atoms with Gasteiger partial charge in [-0.1, -0.05) is 6.08 Å². The molecule has 0 spiro atoms. The third kappa shape index (κ3) is 2.35. The lowest BCUT2D eigenvalue weighted by atomic mass is 9.96. The third-order valence-corrected chi connectivity index (χ3v) is 5.16. The van der Waals surface area contributed by atoms with Gasteiger partial charge < -0.3 is 19.0 Å². The van der Waals surface area contributed by atoms with Gasteiger partial charge in [0.1, 0.15) is 45.0 Å². The minimum atomic E-state index is -0.502. The fourth-order valence-electron chi connectivity index (χ4n) is 3.78. The first-order valence-corrected chi connectivity index (χ1v) is 9.21. The number of phenols is 1. The van der Waals surface area contributed by atoms with Crippen molar-refractivity contribution in [3.8, 4) is 17.2 Å². The minimum Gasteiger partial charge on any atom is -0.506 e. The Labute approximate surface area is 161 Å². The molecule has 0 unspecified atom stereocenters. The van der Waals surface area contributed by atoms with E-state index in [4.69, 9.17) is 13.9 Å². The minimum absolute atomic E-state index is 0.131. The average Bonchev–Trinajstić information content (AvgIpc) is 2.59. The highest BCUT2D eigenvalue weighted by molar-refractivity contribution is 6.00. The van der Waals surface area contributed by atoms with Crippen molar-refractivity contribution in [3.63, 3.8) is 0 Å². The molecule has 1 aromatic heterocycles. The topological polar surface area (TPSA) is 68.9 Å². The highest BCUT2D eigenvalue weighted by Gasteiger charge is 2.28. The maximum absolute atomic E-state index is 13.4. The van der Waals surface area contributed by atoms with E-state index >= 15 is 0 Å². The molecular weight excluding hydrogens is 356 g/mol. The molecule has 2 aromatic carbocycles. The van der Waals surface area contributed by atoms with E-state index in [1.54, 1.807) is 24.3 Å². The largest absolute Gasteiger partial charge is 0.506 e. The predicted molar refractivity (Wildman–Crippen MR) is 109 cm³/mol. The molecule has 142 valence electrons. The van der Waals surface area contributed by atoms with Gasteiger partial charge >= 0.3 is 0 Å². The molecule has 3 aromatic rings. The second kappa shape index (κ2) is 5.19. The standard InChI is InChI=1S/C23H20O5/c1-22(2)9-7-12-14(27-22)5-6-15-18(12)21(25)19-17(26-15)11-16-13(20(19)24)8-10-23(3,4)28-16/h5-11,24H,1-4H3. The van der Waals surface area contributed by atoms with Gasteiger partial charge in [0.15, 0.2) is 0 Å². The second-order valence-corrected chi connectivity index (χ2v) is 8.37. The van der Waals surface area contributed by atoms with E-state index in [0.29, 0.717) is 39.2 Å². The van der Waals surface area contributed by atoms with Crippen LogP contribution < -0.4 is 14.9 Å². The van der Waals surface area contributed by atoms with E-state index in [1.807, 2.05) is 45.9 Å². The van der Waals surface area contributed by atoms with Gasteiger partial charge in [0, 0.05) is 11.6 Å². The number of phenolic OH excluding ortho intramolecular Hbond substituents is 1. The number of ether oxygens (including phenoxy) is 2. The Morgan fingerprint density at radius 1 is 0.821 bits per heavy atom. The Kier molecular flexibility index (Phi) is 3.14. The van der Waals surface area contributed by atoms with Crippen molar-refractivity contribution in [1.82, 2.24) is 0 Å². The zero-order valence-electron chi connectivity index (χ0n) is 16.1. The highest BCUT2D eigenvalue weighted by atomic mass is 16.5. The van der Waals surface area contributed by atoms with Gasteiger partial charge in [-0.25, -0.2) is 0 Å². The molecular formula is C23H20O5. The molecule has 5 rings (SSSR count). The van der Waals surface area contributed by atoms with Gasteiger partial charge in [-0.05, 0) is 58.1 Å². The normalized spacial score (nSPS) is 18.4. The van der Waals surface area contributed by atoms with Crippen LogP contribution in [0.3, 0.4) is 0 Å². The van der Waals surface area contributed by atoms with E-state index in [1.165, 1.54) is 0 Å². The Morgan fingerprint density at radius 2 is 1.46 bits per heavy atom. The van der Waals surface area contributed by atoms with Crippen LogP contribution in [0.4, 0.5) is 0 Å². The van der Waals surface area contributed by atoms with Gasteiger partial charge in [0.2, 0.25) is 5.43 Å².